The highest BCUT2D eigenvalue weighted by Gasteiger charge is 2.37. The predicted molar refractivity (Wildman–Crippen MR) is 149 cm³/mol. The highest BCUT2D eigenvalue weighted by molar-refractivity contribution is 5.68. The number of benzene rings is 1. The average Bonchev–Trinajstić information content (AvgIpc) is 2.92. The van der Waals surface area contributed by atoms with Crippen molar-refractivity contribution in [3.63, 3.8) is 0 Å². The van der Waals surface area contributed by atoms with Crippen LogP contribution in [0.3, 0.4) is 0 Å². The number of nitrogens with one attached hydrogen (secondary N) is 2. The molecular formula is C29H41N7O. The summed E-state index contributed by atoms with van der Waals surface area (Å²) in [5, 5.41) is 16.7. The summed E-state index contributed by atoms with van der Waals surface area (Å²) >= 11 is 0. The van der Waals surface area contributed by atoms with Crippen LogP contribution in [0.1, 0.15) is 62.4 Å². The Morgan fingerprint density at radius 2 is 1.76 bits per heavy atom. The van der Waals surface area contributed by atoms with E-state index in [0.717, 1.165) is 62.8 Å². The summed E-state index contributed by atoms with van der Waals surface area (Å²) in [6.45, 7) is 10.5. The van der Waals surface area contributed by atoms with Gasteiger partial charge in [0.2, 0.25) is 0 Å². The summed E-state index contributed by atoms with van der Waals surface area (Å²) in [6.07, 6.45) is 7.86. The monoisotopic (exact) mass is 503 g/mol. The van der Waals surface area contributed by atoms with Crippen molar-refractivity contribution in [2.75, 3.05) is 62.0 Å². The molecule has 8 heteroatoms. The molecule has 3 aliphatic rings. The number of hydrogen-bond acceptors (Lipinski definition) is 8. The first-order valence-electron chi connectivity index (χ1n) is 13.9. The molecule has 0 unspecified atom stereocenters. The van der Waals surface area contributed by atoms with Gasteiger partial charge in [0.25, 0.3) is 0 Å². The molecule has 2 aromatic rings. The smallest absolute Gasteiger partial charge is 0.183 e. The first kappa shape index (κ1) is 25.7. The van der Waals surface area contributed by atoms with Gasteiger partial charge in [-0.05, 0) is 101 Å². The average molecular weight is 504 g/mol. The van der Waals surface area contributed by atoms with Gasteiger partial charge in [0.1, 0.15) is 6.07 Å². The second-order valence-electron chi connectivity index (χ2n) is 11.1. The fraction of sp³-hybridized carbons (Fsp3) is 0.621. The van der Waals surface area contributed by atoms with Crippen LogP contribution < -0.4 is 15.5 Å². The number of ether oxygens (including phenoxy) is 1. The molecule has 5 rings (SSSR count). The number of aromatic nitrogens is 2. The minimum Gasteiger partial charge on any atom is -0.381 e. The van der Waals surface area contributed by atoms with Crippen molar-refractivity contribution in [3.8, 4) is 6.07 Å². The molecule has 8 nitrogen and oxygen atoms in total. The third kappa shape index (κ3) is 5.83. The van der Waals surface area contributed by atoms with Crippen molar-refractivity contribution < 1.29 is 4.74 Å². The zero-order valence-electron chi connectivity index (χ0n) is 22.6. The third-order valence-electron chi connectivity index (χ3n) is 8.64. The van der Waals surface area contributed by atoms with Gasteiger partial charge in [0, 0.05) is 43.7 Å². The van der Waals surface area contributed by atoms with Crippen molar-refractivity contribution in [1.82, 2.24) is 14.9 Å². The maximum atomic E-state index is 9.78. The second-order valence-corrected chi connectivity index (χ2v) is 11.1. The molecule has 37 heavy (non-hydrogen) atoms. The van der Waals surface area contributed by atoms with Gasteiger partial charge >= 0.3 is 0 Å². The Kier molecular flexibility index (Phi) is 7.82. The van der Waals surface area contributed by atoms with Gasteiger partial charge in [-0.2, -0.15) is 5.26 Å². The Labute approximate surface area is 221 Å². The maximum absolute atomic E-state index is 9.78. The molecule has 0 radical (unpaired) electrons. The standard InChI is InChI=1S/C29H41N7O/c1-4-24-27(31-22-7-17-37-18-8-22)34-28(25(20-30)33-24)32-23-5-6-26(21(2)19-23)36-15-11-29(12-16-36)9-13-35(3)14-10-29/h5-6,19,22H,4,7-18H2,1-3H3,(H2,31,32,34). The lowest BCUT2D eigenvalue weighted by atomic mass is 9.71. The van der Waals surface area contributed by atoms with Crippen LogP contribution in [0.4, 0.5) is 23.0 Å². The minimum absolute atomic E-state index is 0.314. The summed E-state index contributed by atoms with van der Waals surface area (Å²) in [5.74, 6) is 1.27. The van der Waals surface area contributed by atoms with Gasteiger partial charge in [0.15, 0.2) is 17.3 Å². The SMILES string of the molecule is CCc1nc(C#N)c(Nc2ccc(N3CCC4(CCN(C)CC4)CC3)c(C)c2)nc1NC1CCOCC1. The van der Waals surface area contributed by atoms with Crippen LogP contribution >= 0.6 is 0 Å². The molecule has 0 aliphatic carbocycles. The van der Waals surface area contributed by atoms with Crippen LogP contribution in [-0.2, 0) is 11.2 Å². The number of anilines is 4. The largest absolute Gasteiger partial charge is 0.381 e. The van der Waals surface area contributed by atoms with E-state index in [0.29, 0.717) is 23.0 Å². The van der Waals surface area contributed by atoms with Crippen molar-refractivity contribution in [2.24, 2.45) is 5.41 Å². The van der Waals surface area contributed by atoms with Crippen LogP contribution in [0, 0.1) is 23.7 Å². The van der Waals surface area contributed by atoms with Crippen molar-refractivity contribution in [1.29, 1.82) is 5.26 Å². The number of likely N-dealkylation sites (tertiary alicyclic amines) is 1. The molecule has 0 amide bonds. The van der Waals surface area contributed by atoms with E-state index in [-0.39, 0.29) is 0 Å². The second kappa shape index (κ2) is 11.2. The Morgan fingerprint density at radius 1 is 1.05 bits per heavy atom. The first-order chi connectivity index (χ1) is 18.0. The topological polar surface area (TPSA) is 89.3 Å². The van der Waals surface area contributed by atoms with Gasteiger partial charge in [-0.3, -0.25) is 0 Å². The fourth-order valence-electron chi connectivity index (χ4n) is 6.07. The molecule has 198 valence electrons. The molecule has 1 aromatic heterocycles. The van der Waals surface area contributed by atoms with Gasteiger partial charge in [0.05, 0.1) is 5.69 Å². The van der Waals surface area contributed by atoms with Crippen molar-refractivity contribution >= 4 is 23.0 Å². The molecule has 4 heterocycles. The van der Waals surface area contributed by atoms with E-state index >= 15 is 0 Å². The van der Waals surface area contributed by atoms with Crippen molar-refractivity contribution in [2.45, 2.75) is 64.8 Å². The summed E-state index contributed by atoms with van der Waals surface area (Å²) in [5.41, 5.74) is 5.18. The Hall–Kier alpha value is -2.89. The highest BCUT2D eigenvalue weighted by atomic mass is 16.5. The van der Waals surface area contributed by atoms with Gasteiger partial charge in [-0.25, -0.2) is 9.97 Å². The Bertz CT molecular complexity index is 1120. The number of aryl methyl sites for hydroxylation is 2. The van der Waals surface area contributed by atoms with E-state index in [4.69, 9.17) is 9.72 Å². The fourth-order valence-corrected chi connectivity index (χ4v) is 6.07. The minimum atomic E-state index is 0.314. The Morgan fingerprint density at radius 3 is 2.41 bits per heavy atom. The van der Waals surface area contributed by atoms with Gasteiger partial charge in [-0.15, -0.1) is 0 Å². The molecule has 3 fully saturated rings. The van der Waals surface area contributed by atoms with E-state index < -0.39 is 0 Å². The summed E-state index contributed by atoms with van der Waals surface area (Å²) in [4.78, 5) is 14.5. The van der Waals surface area contributed by atoms with E-state index in [1.54, 1.807) is 0 Å². The zero-order valence-corrected chi connectivity index (χ0v) is 22.6. The number of nitriles is 1. The number of rotatable bonds is 6. The molecule has 3 aliphatic heterocycles. The van der Waals surface area contributed by atoms with Crippen LogP contribution in [0.25, 0.3) is 0 Å². The molecule has 0 bridgehead atoms. The van der Waals surface area contributed by atoms with E-state index in [1.165, 1.54) is 50.0 Å². The first-order valence-corrected chi connectivity index (χ1v) is 13.9. The molecule has 0 saturated carbocycles. The number of piperidine rings is 2. The number of nitrogens with zero attached hydrogens (tertiary/aromatic N) is 5. The van der Waals surface area contributed by atoms with E-state index in [9.17, 15) is 5.26 Å². The predicted octanol–water partition coefficient (Wildman–Crippen LogP) is 4.87. The molecule has 1 spiro atoms. The Balaban J connectivity index is 1.29. The van der Waals surface area contributed by atoms with Crippen LogP contribution in [0.2, 0.25) is 0 Å². The molecule has 3 saturated heterocycles. The maximum Gasteiger partial charge on any atom is 0.183 e. The van der Waals surface area contributed by atoms with Crippen LogP contribution in [-0.4, -0.2) is 67.4 Å². The summed E-state index contributed by atoms with van der Waals surface area (Å²) in [7, 11) is 2.24. The van der Waals surface area contributed by atoms with Crippen molar-refractivity contribution in [3.05, 3.63) is 35.2 Å². The lowest BCUT2D eigenvalue weighted by Crippen LogP contribution is -2.46. The zero-order chi connectivity index (χ0) is 25.8. The van der Waals surface area contributed by atoms with Crippen LogP contribution in [0.15, 0.2) is 18.2 Å². The van der Waals surface area contributed by atoms with E-state index in [1.807, 2.05) is 6.92 Å². The quantitative estimate of drug-likeness (QED) is 0.577. The van der Waals surface area contributed by atoms with Gasteiger partial charge < -0.3 is 25.2 Å². The third-order valence-corrected chi connectivity index (χ3v) is 8.64. The highest BCUT2D eigenvalue weighted by Crippen LogP contribution is 2.42. The normalized spacial score (nSPS) is 20.5. The summed E-state index contributed by atoms with van der Waals surface area (Å²) < 4.78 is 5.49. The summed E-state index contributed by atoms with van der Waals surface area (Å²) in [6, 6.07) is 9.03. The molecular weight excluding hydrogens is 462 g/mol. The van der Waals surface area contributed by atoms with Crippen LogP contribution in [0.5, 0.6) is 0 Å². The lowest BCUT2D eigenvalue weighted by Gasteiger charge is -2.47. The molecule has 0 atom stereocenters. The van der Waals surface area contributed by atoms with E-state index in [2.05, 4.69) is 63.7 Å². The molecule has 2 N–H and O–H groups in total. The number of hydrogen-bond donors (Lipinski definition) is 2. The van der Waals surface area contributed by atoms with Gasteiger partial charge in [-0.1, -0.05) is 6.92 Å². The lowest BCUT2D eigenvalue weighted by molar-refractivity contribution is 0.0903. The molecule has 1 aromatic carbocycles.